The Morgan fingerprint density at radius 1 is 0.824 bits per heavy atom. The van der Waals surface area contributed by atoms with Crippen molar-refractivity contribution in [2.24, 2.45) is 0 Å². The van der Waals surface area contributed by atoms with Crippen molar-refractivity contribution in [3.05, 3.63) is 0 Å². The highest BCUT2D eigenvalue weighted by Crippen LogP contribution is 2.04. The Morgan fingerprint density at radius 3 is 1.94 bits per heavy atom. The lowest BCUT2D eigenvalue weighted by atomic mass is 10.4. The van der Waals surface area contributed by atoms with Gasteiger partial charge in [-0.15, -0.1) is 0 Å². The Hall–Kier alpha value is -0.180. The second kappa shape index (κ2) is 8.02. The summed E-state index contributed by atoms with van der Waals surface area (Å²) < 4.78 is 53.8. The highest BCUT2D eigenvalue weighted by Gasteiger charge is 2.18. The first kappa shape index (κ1) is 16.8. The first-order chi connectivity index (χ1) is 7.83. The zero-order chi connectivity index (χ0) is 13.4. The monoisotopic (exact) mass is 288 g/mol. The summed E-state index contributed by atoms with van der Waals surface area (Å²) >= 11 is 0. The lowest BCUT2D eigenvalue weighted by molar-refractivity contribution is 0.283. The van der Waals surface area contributed by atoms with Gasteiger partial charge in [0.2, 0.25) is 0 Å². The van der Waals surface area contributed by atoms with E-state index in [9.17, 15) is 16.8 Å². The fourth-order valence-corrected chi connectivity index (χ4v) is 3.13. The average Bonchev–Trinajstić information content (AvgIpc) is 2.25. The molecule has 0 aliphatic carbocycles. The van der Waals surface area contributed by atoms with Gasteiger partial charge in [0.25, 0.3) is 20.2 Å². The van der Waals surface area contributed by atoms with Crippen molar-refractivity contribution in [1.82, 2.24) is 0 Å². The van der Waals surface area contributed by atoms with E-state index in [1.807, 2.05) is 13.8 Å². The Morgan fingerprint density at radius 2 is 1.41 bits per heavy atom. The van der Waals surface area contributed by atoms with Crippen LogP contribution in [0.2, 0.25) is 0 Å². The molecule has 0 bridgehead atoms. The van der Waals surface area contributed by atoms with E-state index in [4.69, 9.17) is 0 Å². The summed E-state index contributed by atoms with van der Waals surface area (Å²) in [5.41, 5.74) is 0. The van der Waals surface area contributed by atoms with Crippen LogP contribution in [0.25, 0.3) is 0 Å². The van der Waals surface area contributed by atoms with Crippen LogP contribution in [0.3, 0.4) is 0 Å². The molecule has 0 rings (SSSR count). The van der Waals surface area contributed by atoms with Crippen molar-refractivity contribution >= 4 is 20.2 Å². The van der Waals surface area contributed by atoms with Gasteiger partial charge in [-0.05, 0) is 12.8 Å². The Balaban J connectivity index is 4.08. The van der Waals surface area contributed by atoms with Crippen LogP contribution in [-0.2, 0) is 28.6 Å². The van der Waals surface area contributed by atoms with Crippen LogP contribution in [0.5, 0.6) is 0 Å². The molecule has 0 aliphatic rings. The minimum atomic E-state index is -3.91. The maximum Gasteiger partial charge on any atom is 0.293 e. The van der Waals surface area contributed by atoms with E-state index in [1.54, 1.807) is 0 Å². The van der Waals surface area contributed by atoms with Gasteiger partial charge in [0.05, 0.1) is 12.4 Å². The molecule has 0 aromatic carbocycles. The summed E-state index contributed by atoms with van der Waals surface area (Å²) in [6, 6.07) is 0. The maximum atomic E-state index is 11.2. The molecule has 0 aliphatic heterocycles. The Labute approximate surface area is 104 Å². The minimum Gasteiger partial charge on any atom is -0.268 e. The molecule has 0 unspecified atom stereocenters. The maximum absolute atomic E-state index is 11.2. The van der Waals surface area contributed by atoms with E-state index in [-0.39, 0.29) is 12.4 Å². The molecule has 6 nitrogen and oxygen atoms in total. The van der Waals surface area contributed by atoms with Gasteiger partial charge >= 0.3 is 0 Å². The van der Waals surface area contributed by atoms with Gasteiger partial charge in [0.15, 0.2) is 5.94 Å². The third-order valence-electron chi connectivity index (χ3n) is 1.88. The topological polar surface area (TPSA) is 86.7 Å². The summed E-state index contributed by atoms with van der Waals surface area (Å²) in [6.45, 7) is 3.78. The normalized spacial score (nSPS) is 12.8. The highest BCUT2D eigenvalue weighted by atomic mass is 32.2. The zero-order valence-corrected chi connectivity index (χ0v) is 11.8. The van der Waals surface area contributed by atoms with Crippen molar-refractivity contribution in [3.63, 3.8) is 0 Å². The lowest BCUT2D eigenvalue weighted by Gasteiger charge is -2.06. The van der Waals surface area contributed by atoms with Gasteiger partial charge in [-0.25, -0.2) is 0 Å². The molecule has 17 heavy (non-hydrogen) atoms. The molecule has 8 heteroatoms. The van der Waals surface area contributed by atoms with E-state index in [0.29, 0.717) is 19.3 Å². The number of hydrogen-bond donors (Lipinski definition) is 0. The van der Waals surface area contributed by atoms with Crippen molar-refractivity contribution in [2.45, 2.75) is 39.5 Å². The van der Waals surface area contributed by atoms with E-state index in [2.05, 4.69) is 8.37 Å². The molecule has 104 valence electrons. The van der Waals surface area contributed by atoms with Crippen molar-refractivity contribution in [3.8, 4) is 0 Å². The summed E-state index contributed by atoms with van der Waals surface area (Å²) in [5, 5.41) is 0. The van der Waals surface area contributed by atoms with Crippen LogP contribution in [0, 0.1) is 0 Å². The van der Waals surface area contributed by atoms with Crippen molar-refractivity contribution < 1.29 is 25.2 Å². The second-order valence-electron chi connectivity index (χ2n) is 3.58. The van der Waals surface area contributed by atoms with Crippen LogP contribution in [0.15, 0.2) is 0 Å². The molecule has 0 atom stereocenters. The molecular formula is C9H20O6S2. The van der Waals surface area contributed by atoms with Crippen LogP contribution in [0.1, 0.15) is 39.5 Å². The smallest absolute Gasteiger partial charge is 0.268 e. The van der Waals surface area contributed by atoms with Gasteiger partial charge in [-0.2, -0.15) is 16.8 Å². The Kier molecular flexibility index (Phi) is 7.93. The lowest BCUT2D eigenvalue weighted by Crippen LogP contribution is -2.19. The van der Waals surface area contributed by atoms with Crippen LogP contribution >= 0.6 is 0 Å². The van der Waals surface area contributed by atoms with Crippen molar-refractivity contribution in [2.75, 3.05) is 18.3 Å². The van der Waals surface area contributed by atoms with E-state index in [1.165, 1.54) is 0 Å². The predicted molar refractivity (Wildman–Crippen MR) is 64.4 cm³/mol. The molecule has 0 heterocycles. The standard InChI is InChI=1S/C9H20O6S2/c1-3-5-7-14-17(12,13)9-15-16(10,11)8-6-4-2/h3-9H2,1-2H3. The Bertz CT molecular complexity index is 384. The fourth-order valence-electron chi connectivity index (χ4n) is 0.877. The number of rotatable bonds is 10. The fraction of sp³-hybridized carbons (Fsp3) is 1.00. The molecule has 0 aromatic heterocycles. The zero-order valence-electron chi connectivity index (χ0n) is 10.2. The first-order valence-electron chi connectivity index (χ1n) is 5.57. The summed E-state index contributed by atoms with van der Waals surface area (Å²) in [5.74, 6) is -1.11. The molecule has 0 spiro atoms. The van der Waals surface area contributed by atoms with Gasteiger partial charge in [-0.3, -0.25) is 8.37 Å². The second-order valence-corrected chi connectivity index (χ2v) is 6.93. The summed E-state index contributed by atoms with van der Waals surface area (Å²) in [7, 11) is -7.68. The first-order valence-corrected chi connectivity index (χ1v) is 8.72. The molecule has 0 N–H and O–H groups in total. The largest absolute Gasteiger partial charge is 0.293 e. The SMILES string of the molecule is CCCCOS(=O)(=O)COS(=O)(=O)CCCC. The van der Waals surface area contributed by atoms with Gasteiger partial charge < -0.3 is 0 Å². The third-order valence-corrected chi connectivity index (χ3v) is 4.23. The third kappa shape index (κ3) is 9.51. The van der Waals surface area contributed by atoms with E-state index >= 15 is 0 Å². The number of hydrogen-bond acceptors (Lipinski definition) is 6. The number of unbranched alkanes of at least 4 members (excludes halogenated alkanes) is 2. The molecule has 0 amide bonds. The molecule has 0 radical (unpaired) electrons. The van der Waals surface area contributed by atoms with Crippen LogP contribution in [0.4, 0.5) is 0 Å². The molecule has 0 saturated carbocycles. The molecule has 0 aromatic rings. The predicted octanol–water partition coefficient (Wildman–Crippen LogP) is 1.24. The van der Waals surface area contributed by atoms with Gasteiger partial charge in [0.1, 0.15) is 0 Å². The van der Waals surface area contributed by atoms with Crippen LogP contribution < -0.4 is 0 Å². The van der Waals surface area contributed by atoms with E-state index < -0.39 is 26.2 Å². The quantitative estimate of drug-likeness (QED) is 0.444. The summed E-state index contributed by atoms with van der Waals surface area (Å²) in [4.78, 5) is 0. The minimum absolute atomic E-state index is 0.0528. The van der Waals surface area contributed by atoms with E-state index in [0.717, 1.165) is 6.42 Å². The molecule has 0 saturated heterocycles. The van der Waals surface area contributed by atoms with Gasteiger partial charge in [-0.1, -0.05) is 26.7 Å². The molecule has 0 fully saturated rings. The molecular weight excluding hydrogens is 268 g/mol. The summed E-state index contributed by atoms with van der Waals surface area (Å²) in [6.07, 6.45) is 2.54. The van der Waals surface area contributed by atoms with Crippen molar-refractivity contribution in [1.29, 1.82) is 0 Å². The van der Waals surface area contributed by atoms with Crippen LogP contribution in [-0.4, -0.2) is 35.1 Å². The highest BCUT2D eigenvalue weighted by molar-refractivity contribution is 7.89. The van der Waals surface area contributed by atoms with Gasteiger partial charge in [0, 0.05) is 0 Å². The average molecular weight is 288 g/mol.